The summed E-state index contributed by atoms with van der Waals surface area (Å²) in [6.45, 7) is 4.72. The van der Waals surface area contributed by atoms with Gasteiger partial charge in [0.25, 0.3) is 0 Å². The molecule has 0 unspecified atom stereocenters. The lowest BCUT2D eigenvalue weighted by atomic mass is 9.82. The van der Waals surface area contributed by atoms with Gasteiger partial charge in [0.1, 0.15) is 11.2 Å². The Balaban J connectivity index is 1.17. The van der Waals surface area contributed by atoms with E-state index in [4.69, 9.17) is 4.42 Å². The van der Waals surface area contributed by atoms with Gasteiger partial charge in [-0.1, -0.05) is 147 Å². The van der Waals surface area contributed by atoms with Crippen LogP contribution in [0.5, 0.6) is 0 Å². The molecule has 0 saturated heterocycles. The van der Waals surface area contributed by atoms with Gasteiger partial charge in [-0.25, -0.2) is 0 Å². The highest BCUT2D eigenvalue weighted by Gasteiger charge is 2.36. The molecule has 1 aliphatic rings. The molecule has 0 amide bonds. The number of nitrogens with zero attached hydrogens (tertiary/aromatic N) is 1. The van der Waals surface area contributed by atoms with Crippen LogP contribution in [0.2, 0.25) is 0 Å². The van der Waals surface area contributed by atoms with Gasteiger partial charge in [0, 0.05) is 22.2 Å². The molecule has 2 nitrogen and oxygen atoms in total. The van der Waals surface area contributed by atoms with Gasteiger partial charge in [-0.2, -0.15) is 0 Å². The molecule has 9 aromatic rings. The van der Waals surface area contributed by atoms with E-state index in [0.29, 0.717) is 0 Å². The Hall–Kier alpha value is -6.64. The van der Waals surface area contributed by atoms with Gasteiger partial charge in [-0.15, -0.1) is 0 Å². The first-order valence-corrected chi connectivity index (χ1v) is 18.3. The van der Waals surface area contributed by atoms with Crippen molar-refractivity contribution >= 4 is 39.0 Å². The van der Waals surface area contributed by atoms with Crippen LogP contribution in [0.25, 0.3) is 66.4 Å². The van der Waals surface area contributed by atoms with Crippen molar-refractivity contribution in [3.8, 4) is 44.5 Å². The molecule has 8 aromatic carbocycles. The van der Waals surface area contributed by atoms with Gasteiger partial charge in [0.05, 0.1) is 11.1 Å². The summed E-state index contributed by atoms with van der Waals surface area (Å²) >= 11 is 0. The van der Waals surface area contributed by atoms with Crippen molar-refractivity contribution in [2.24, 2.45) is 0 Å². The van der Waals surface area contributed by atoms with Crippen LogP contribution in [0.3, 0.4) is 0 Å². The summed E-state index contributed by atoms with van der Waals surface area (Å²) in [6, 6.07) is 67.8. The molecule has 0 atom stereocenters. The summed E-state index contributed by atoms with van der Waals surface area (Å²) in [5.74, 6) is 0. The van der Waals surface area contributed by atoms with E-state index in [1.54, 1.807) is 0 Å². The summed E-state index contributed by atoms with van der Waals surface area (Å²) in [4.78, 5) is 2.41. The number of benzene rings is 8. The number of fused-ring (bicyclic) bond motifs is 6. The van der Waals surface area contributed by atoms with Crippen LogP contribution in [0, 0.1) is 0 Å². The molecule has 10 rings (SSSR count). The molecule has 0 radical (unpaired) electrons. The Labute approximate surface area is 310 Å². The van der Waals surface area contributed by atoms with Crippen molar-refractivity contribution in [2.75, 3.05) is 4.90 Å². The molecule has 53 heavy (non-hydrogen) atoms. The van der Waals surface area contributed by atoms with Crippen LogP contribution in [0.15, 0.2) is 192 Å². The number of hydrogen-bond acceptors (Lipinski definition) is 2. The minimum absolute atomic E-state index is 0.169. The monoisotopic (exact) mass is 679 g/mol. The average Bonchev–Trinajstić information content (AvgIpc) is 3.70. The number of hydrogen-bond donors (Lipinski definition) is 0. The van der Waals surface area contributed by atoms with E-state index in [-0.39, 0.29) is 5.41 Å². The smallest absolute Gasteiger partial charge is 0.137 e. The lowest BCUT2D eigenvalue weighted by molar-refractivity contribution is 0.660. The summed E-state index contributed by atoms with van der Waals surface area (Å²) in [6.07, 6.45) is 0. The van der Waals surface area contributed by atoms with Crippen molar-refractivity contribution in [2.45, 2.75) is 19.3 Å². The van der Waals surface area contributed by atoms with Gasteiger partial charge in [0.2, 0.25) is 0 Å². The maximum atomic E-state index is 6.55. The molecule has 0 saturated carbocycles. The summed E-state index contributed by atoms with van der Waals surface area (Å²) in [5, 5.41) is 2.20. The van der Waals surface area contributed by atoms with Gasteiger partial charge in [0.15, 0.2) is 0 Å². The molecule has 0 fully saturated rings. The molecule has 252 valence electrons. The first-order valence-electron chi connectivity index (χ1n) is 18.3. The molecule has 0 spiro atoms. The molecular weight excluding hydrogens is 643 g/mol. The fourth-order valence-electron chi connectivity index (χ4n) is 8.36. The Kier molecular flexibility index (Phi) is 7.19. The van der Waals surface area contributed by atoms with Crippen molar-refractivity contribution in [3.05, 3.63) is 199 Å². The fourth-order valence-corrected chi connectivity index (χ4v) is 8.36. The zero-order valence-corrected chi connectivity index (χ0v) is 29.8. The highest BCUT2D eigenvalue weighted by atomic mass is 16.3. The Bertz CT molecular complexity index is 2780. The highest BCUT2D eigenvalue weighted by molar-refractivity contribution is 6.14. The standard InChI is InChI=1S/C51H37NO/c1-51(2)45-29-23-38(35-15-8-4-9-16-35)31-43(45)42-28-27-41(33-46(42)51)52(40-25-21-37(22-26-40)34-13-6-3-7-14-34)47-19-12-20-49-50(47)44-32-39(24-30-48(44)53-49)36-17-10-5-11-18-36/h3-33H,1-2H3. The van der Waals surface area contributed by atoms with Gasteiger partial charge in [-0.05, 0) is 110 Å². The van der Waals surface area contributed by atoms with E-state index in [1.807, 2.05) is 0 Å². The molecule has 1 aliphatic carbocycles. The van der Waals surface area contributed by atoms with Crippen LogP contribution >= 0.6 is 0 Å². The minimum atomic E-state index is -0.169. The fraction of sp³-hybridized carbons (Fsp3) is 0.0588. The van der Waals surface area contributed by atoms with Gasteiger partial charge >= 0.3 is 0 Å². The molecule has 1 heterocycles. The molecule has 2 heteroatoms. The SMILES string of the molecule is CC1(C)c2ccc(-c3ccccc3)cc2-c2ccc(N(c3ccc(-c4ccccc4)cc3)c3cccc4oc5ccc(-c6ccccc6)cc5c34)cc21. The van der Waals surface area contributed by atoms with E-state index < -0.39 is 0 Å². The second-order valence-corrected chi connectivity index (χ2v) is 14.6. The Morgan fingerprint density at radius 3 is 1.64 bits per heavy atom. The topological polar surface area (TPSA) is 16.4 Å². The molecular formula is C51H37NO. The minimum Gasteiger partial charge on any atom is -0.456 e. The predicted molar refractivity (Wildman–Crippen MR) is 222 cm³/mol. The average molecular weight is 680 g/mol. The zero-order valence-electron chi connectivity index (χ0n) is 29.8. The third-order valence-corrected chi connectivity index (χ3v) is 11.1. The van der Waals surface area contributed by atoms with Crippen molar-refractivity contribution in [1.82, 2.24) is 0 Å². The molecule has 1 aromatic heterocycles. The van der Waals surface area contributed by atoms with Crippen LogP contribution in [-0.2, 0) is 5.41 Å². The summed E-state index contributed by atoms with van der Waals surface area (Å²) in [5.41, 5.74) is 17.4. The summed E-state index contributed by atoms with van der Waals surface area (Å²) in [7, 11) is 0. The van der Waals surface area contributed by atoms with Crippen molar-refractivity contribution in [1.29, 1.82) is 0 Å². The summed E-state index contributed by atoms with van der Waals surface area (Å²) < 4.78 is 6.55. The largest absolute Gasteiger partial charge is 0.456 e. The van der Waals surface area contributed by atoms with Crippen LogP contribution in [-0.4, -0.2) is 0 Å². The van der Waals surface area contributed by atoms with Crippen molar-refractivity contribution in [3.63, 3.8) is 0 Å². The molecule has 0 N–H and O–H groups in total. The van der Waals surface area contributed by atoms with Gasteiger partial charge in [-0.3, -0.25) is 0 Å². The van der Waals surface area contributed by atoms with Crippen molar-refractivity contribution < 1.29 is 4.42 Å². The number of rotatable bonds is 6. The maximum Gasteiger partial charge on any atom is 0.137 e. The molecule has 0 bridgehead atoms. The Morgan fingerprint density at radius 2 is 0.962 bits per heavy atom. The lowest BCUT2D eigenvalue weighted by Crippen LogP contribution is -2.16. The number of anilines is 3. The first kappa shape index (κ1) is 31.1. The maximum absolute atomic E-state index is 6.55. The first-order chi connectivity index (χ1) is 26.0. The Morgan fingerprint density at radius 1 is 0.396 bits per heavy atom. The van der Waals surface area contributed by atoms with Crippen LogP contribution < -0.4 is 4.90 Å². The van der Waals surface area contributed by atoms with Gasteiger partial charge < -0.3 is 9.32 Å². The zero-order chi connectivity index (χ0) is 35.5. The third kappa shape index (κ3) is 5.18. The number of furan rings is 1. The quantitative estimate of drug-likeness (QED) is 0.174. The van der Waals surface area contributed by atoms with E-state index in [1.165, 1.54) is 55.6 Å². The van der Waals surface area contributed by atoms with E-state index >= 15 is 0 Å². The lowest BCUT2D eigenvalue weighted by Gasteiger charge is -2.29. The normalized spacial score (nSPS) is 12.9. The second kappa shape index (κ2) is 12.3. The third-order valence-electron chi connectivity index (χ3n) is 11.1. The van der Waals surface area contributed by atoms with E-state index in [0.717, 1.165) is 39.0 Å². The molecule has 0 aliphatic heterocycles. The van der Waals surface area contributed by atoms with Crippen LogP contribution in [0.4, 0.5) is 17.1 Å². The van der Waals surface area contributed by atoms with E-state index in [9.17, 15) is 0 Å². The predicted octanol–water partition coefficient (Wildman–Crippen LogP) is 14.4. The van der Waals surface area contributed by atoms with Crippen LogP contribution in [0.1, 0.15) is 25.0 Å². The second-order valence-electron chi connectivity index (χ2n) is 14.6. The highest BCUT2D eigenvalue weighted by Crippen LogP contribution is 2.52. The van der Waals surface area contributed by atoms with E-state index in [2.05, 4.69) is 207 Å².